The molecule has 0 saturated heterocycles. The van der Waals surface area contributed by atoms with Crippen LogP contribution in [0.5, 0.6) is 11.5 Å². The van der Waals surface area contributed by atoms with E-state index in [2.05, 4.69) is 24.0 Å². The number of hydrogen-bond donors (Lipinski definition) is 2. The molecule has 6 nitrogen and oxygen atoms in total. The Morgan fingerprint density at radius 2 is 1.81 bits per heavy atom. The van der Waals surface area contributed by atoms with Gasteiger partial charge in [-0.05, 0) is 42.7 Å². The minimum atomic E-state index is -0.260. The minimum absolute atomic E-state index is 0.0581. The Hall–Kier alpha value is -3.28. The fraction of sp³-hybridized carbons (Fsp3) is 0.385. The number of ether oxygens (including phenoxy) is 1. The van der Waals surface area contributed by atoms with Crippen molar-refractivity contribution >= 4 is 5.91 Å². The topological polar surface area (TPSA) is 78.5 Å². The number of carbonyl (C=O) groups excluding carboxylic acids is 1. The van der Waals surface area contributed by atoms with Crippen LogP contribution in [0.1, 0.15) is 73.6 Å². The summed E-state index contributed by atoms with van der Waals surface area (Å²) in [6.07, 6.45) is 5.53. The molecule has 0 saturated carbocycles. The fourth-order valence-electron chi connectivity index (χ4n) is 4.36. The van der Waals surface area contributed by atoms with E-state index in [1.807, 2.05) is 41.3 Å². The summed E-state index contributed by atoms with van der Waals surface area (Å²) < 4.78 is 5.90. The molecule has 0 spiro atoms. The van der Waals surface area contributed by atoms with E-state index in [-0.39, 0.29) is 17.7 Å². The van der Waals surface area contributed by atoms with Crippen molar-refractivity contribution in [2.24, 2.45) is 0 Å². The molecule has 6 heteroatoms. The van der Waals surface area contributed by atoms with Crippen molar-refractivity contribution in [1.82, 2.24) is 15.1 Å². The standard InChI is InChI=1S/C26H31N3O3/c1-3-5-6-9-17-32-19-14-12-18(13-15-19)25-22-23(20-10-7-8-11-21(20)30)27-28-24(22)26(31)29(25)16-4-2/h7-8,10-15,25,30H,3-6,9,16-17H2,1-2H3,(H,27,28). The van der Waals surface area contributed by atoms with E-state index in [1.165, 1.54) is 19.3 Å². The van der Waals surface area contributed by atoms with Gasteiger partial charge in [-0.25, -0.2) is 0 Å². The predicted octanol–water partition coefficient (Wildman–Crippen LogP) is 5.70. The summed E-state index contributed by atoms with van der Waals surface area (Å²) in [7, 11) is 0. The highest BCUT2D eigenvalue weighted by Crippen LogP contribution is 2.44. The zero-order chi connectivity index (χ0) is 22.5. The highest BCUT2D eigenvalue weighted by molar-refractivity contribution is 6.00. The maximum Gasteiger partial charge on any atom is 0.273 e. The number of benzene rings is 2. The summed E-state index contributed by atoms with van der Waals surface area (Å²) in [6, 6.07) is 14.8. The predicted molar refractivity (Wildman–Crippen MR) is 125 cm³/mol. The smallest absolute Gasteiger partial charge is 0.273 e. The Balaban J connectivity index is 1.64. The van der Waals surface area contributed by atoms with Crippen LogP contribution in [0, 0.1) is 0 Å². The molecule has 0 fully saturated rings. The molecular weight excluding hydrogens is 402 g/mol. The second kappa shape index (κ2) is 9.90. The van der Waals surface area contributed by atoms with Gasteiger partial charge in [-0.2, -0.15) is 5.10 Å². The molecule has 0 bridgehead atoms. The number of phenolic OH excluding ortho intramolecular Hbond substituents is 1. The van der Waals surface area contributed by atoms with Crippen molar-refractivity contribution < 1.29 is 14.6 Å². The van der Waals surface area contributed by atoms with Crippen molar-refractivity contribution in [2.75, 3.05) is 13.2 Å². The third-order valence-electron chi connectivity index (χ3n) is 5.95. The number of unbranched alkanes of at least 4 members (excludes halogenated alkanes) is 3. The fourth-order valence-corrected chi connectivity index (χ4v) is 4.36. The first-order chi connectivity index (χ1) is 15.7. The number of aromatic amines is 1. The van der Waals surface area contributed by atoms with Gasteiger partial charge in [0.25, 0.3) is 5.91 Å². The zero-order valence-corrected chi connectivity index (χ0v) is 18.8. The largest absolute Gasteiger partial charge is 0.507 e. The molecule has 2 heterocycles. The molecule has 0 aliphatic carbocycles. The maximum atomic E-state index is 13.2. The first-order valence-electron chi connectivity index (χ1n) is 11.6. The van der Waals surface area contributed by atoms with Crippen LogP contribution in [0.2, 0.25) is 0 Å². The number of nitrogens with one attached hydrogen (secondary N) is 1. The Morgan fingerprint density at radius 3 is 2.53 bits per heavy atom. The molecule has 1 unspecified atom stereocenters. The van der Waals surface area contributed by atoms with Gasteiger partial charge in [-0.1, -0.05) is 57.4 Å². The zero-order valence-electron chi connectivity index (χ0n) is 18.8. The van der Waals surface area contributed by atoms with Crippen LogP contribution >= 0.6 is 0 Å². The van der Waals surface area contributed by atoms with E-state index in [9.17, 15) is 9.90 Å². The molecule has 168 valence electrons. The summed E-state index contributed by atoms with van der Waals surface area (Å²) >= 11 is 0. The Labute approximate surface area is 189 Å². The van der Waals surface area contributed by atoms with Gasteiger partial charge in [-0.15, -0.1) is 0 Å². The highest BCUT2D eigenvalue weighted by atomic mass is 16.5. The van der Waals surface area contributed by atoms with E-state index < -0.39 is 0 Å². The molecule has 1 amide bonds. The molecule has 1 atom stereocenters. The van der Waals surface area contributed by atoms with Crippen molar-refractivity contribution in [3.63, 3.8) is 0 Å². The number of para-hydroxylation sites is 1. The third kappa shape index (κ3) is 4.22. The number of amides is 1. The van der Waals surface area contributed by atoms with Crippen LogP contribution in [-0.2, 0) is 0 Å². The van der Waals surface area contributed by atoms with E-state index in [0.717, 1.165) is 29.7 Å². The molecule has 1 aromatic heterocycles. The lowest BCUT2D eigenvalue weighted by atomic mass is 9.95. The van der Waals surface area contributed by atoms with Crippen molar-refractivity contribution in [3.8, 4) is 22.8 Å². The number of nitrogens with zero attached hydrogens (tertiary/aromatic N) is 2. The number of hydrogen-bond acceptors (Lipinski definition) is 4. The quantitative estimate of drug-likeness (QED) is 0.402. The first kappa shape index (κ1) is 21.9. The van der Waals surface area contributed by atoms with Gasteiger partial charge in [0.15, 0.2) is 0 Å². The van der Waals surface area contributed by atoms with Gasteiger partial charge >= 0.3 is 0 Å². The average molecular weight is 434 g/mol. The molecular formula is C26H31N3O3. The normalized spacial score (nSPS) is 15.2. The molecule has 3 aromatic rings. The second-order valence-corrected chi connectivity index (χ2v) is 8.26. The minimum Gasteiger partial charge on any atom is -0.507 e. The van der Waals surface area contributed by atoms with Crippen molar-refractivity contribution in [3.05, 3.63) is 65.4 Å². The molecule has 2 N–H and O–H groups in total. The summed E-state index contributed by atoms with van der Waals surface area (Å²) in [4.78, 5) is 15.0. The molecule has 1 aliphatic rings. The second-order valence-electron chi connectivity index (χ2n) is 8.26. The third-order valence-corrected chi connectivity index (χ3v) is 5.95. The summed E-state index contributed by atoms with van der Waals surface area (Å²) in [5, 5.41) is 17.8. The SMILES string of the molecule is CCCCCCOc1ccc(C2c3c(-c4ccccc4O)n[nH]c3C(=O)N2CCC)cc1. The number of fused-ring (bicyclic) bond motifs is 1. The maximum absolute atomic E-state index is 13.2. The van der Waals surface area contributed by atoms with E-state index in [1.54, 1.807) is 12.1 Å². The summed E-state index contributed by atoms with van der Waals surface area (Å²) in [6.45, 7) is 5.62. The number of carbonyl (C=O) groups is 1. The van der Waals surface area contributed by atoms with Gasteiger partial charge in [0.2, 0.25) is 0 Å². The Kier molecular flexibility index (Phi) is 6.78. The summed E-state index contributed by atoms with van der Waals surface area (Å²) in [5.41, 5.74) is 3.55. The number of H-pyrrole nitrogens is 1. The van der Waals surface area contributed by atoms with Gasteiger partial charge < -0.3 is 14.7 Å². The molecule has 1 aliphatic heterocycles. The molecule has 0 radical (unpaired) electrons. The van der Waals surface area contributed by atoms with Gasteiger partial charge in [-0.3, -0.25) is 9.89 Å². The van der Waals surface area contributed by atoms with Crippen molar-refractivity contribution in [1.29, 1.82) is 0 Å². The average Bonchev–Trinajstić information content (AvgIpc) is 3.34. The van der Waals surface area contributed by atoms with E-state index in [4.69, 9.17) is 4.74 Å². The molecule has 2 aromatic carbocycles. The van der Waals surface area contributed by atoms with Crippen LogP contribution in [0.25, 0.3) is 11.3 Å². The van der Waals surface area contributed by atoms with Gasteiger partial charge in [0.1, 0.15) is 22.9 Å². The molecule has 32 heavy (non-hydrogen) atoms. The monoisotopic (exact) mass is 433 g/mol. The highest BCUT2D eigenvalue weighted by Gasteiger charge is 2.42. The molecule has 4 rings (SSSR count). The number of aromatic hydroxyl groups is 1. The van der Waals surface area contributed by atoms with Crippen LogP contribution in [0.3, 0.4) is 0 Å². The Morgan fingerprint density at radius 1 is 1.03 bits per heavy atom. The van der Waals surface area contributed by atoms with Gasteiger partial charge in [0, 0.05) is 17.7 Å². The van der Waals surface area contributed by atoms with Crippen LogP contribution in [0.4, 0.5) is 0 Å². The van der Waals surface area contributed by atoms with Crippen molar-refractivity contribution in [2.45, 2.75) is 52.0 Å². The van der Waals surface area contributed by atoms with E-state index in [0.29, 0.717) is 30.1 Å². The Bertz CT molecular complexity index is 1060. The lowest BCUT2D eigenvalue weighted by molar-refractivity contribution is 0.0744. The number of phenols is 1. The van der Waals surface area contributed by atoms with Crippen LogP contribution < -0.4 is 4.74 Å². The van der Waals surface area contributed by atoms with Gasteiger partial charge in [0.05, 0.1) is 12.6 Å². The summed E-state index contributed by atoms with van der Waals surface area (Å²) in [5.74, 6) is 0.927. The number of aromatic nitrogens is 2. The van der Waals surface area contributed by atoms with Crippen LogP contribution in [-0.4, -0.2) is 39.3 Å². The first-order valence-corrected chi connectivity index (χ1v) is 11.6. The lowest BCUT2D eigenvalue weighted by Gasteiger charge is -2.26. The van der Waals surface area contributed by atoms with E-state index >= 15 is 0 Å². The lowest BCUT2D eigenvalue weighted by Crippen LogP contribution is -2.30. The van der Waals surface area contributed by atoms with Crippen LogP contribution in [0.15, 0.2) is 48.5 Å². The number of rotatable bonds is 10.